The molecule has 0 amide bonds. The lowest BCUT2D eigenvalue weighted by Gasteiger charge is -2.07. The van der Waals surface area contributed by atoms with Crippen molar-refractivity contribution in [3.63, 3.8) is 0 Å². The molecule has 0 spiro atoms. The van der Waals surface area contributed by atoms with Crippen molar-refractivity contribution in [2.75, 3.05) is 7.11 Å². The van der Waals surface area contributed by atoms with Crippen molar-refractivity contribution in [1.82, 2.24) is 0 Å². The Balaban J connectivity index is 2.35. The van der Waals surface area contributed by atoms with Gasteiger partial charge in [-0.1, -0.05) is 48.0 Å². The third-order valence-corrected chi connectivity index (χ3v) is 6.00. The zero-order chi connectivity index (χ0) is 20.1. The minimum absolute atomic E-state index is 0.249. The number of hydrogen-bond donors (Lipinski definition) is 0. The third-order valence-electron chi connectivity index (χ3n) is 3.37. The average molecular weight is 411 g/mol. The van der Waals surface area contributed by atoms with Gasteiger partial charge in [0.1, 0.15) is 5.75 Å². The van der Waals surface area contributed by atoms with Gasteiger partial charge in [0.15, 0.2) is 0 Å². The highest BCUT2D eigenvalue weighted by molar-refractivity contribution is 8.08. The standard InChI is InChI=1S/C17H17NO7S2/c1-13-8-10-15(11-9-13)27(22,23)16(17(19)24-2)18-25-26(20,21)12-14-6-4-3-5-7-14/h3-11H,12H2,1-2H3. The number of carbonyl (C=O) groups excluding carboxylic acids is 1. The largest absolute Gasteiger partial charge is 0.464 e. The van der Waals surface area contributed by atoms with E-state index in [1.165, 1.54) is 24.3 Å². The Morgan fingerprint density at radius 1 is 0.963 bits per heavy atom. The summed E-state index contributed by atoms with van der Waals surface area (Å²) in [5.74, 6) is -1.89. The lowest BCUT2D eigenvalue weighted by molar-refractivity contribution is -0.132. The van der Waals surface area contributed by atoms with Crippen LogP contribution in [-0.4, -0.2) is 35.0 Å². The van der Waals surface area contributed by atoms with Crippen molar-refractivity contribution in [2.45, 2.75) is 17.6 Å². The first-order valence-electron chi connectivity index (χ1n) is 7.59. The minimum atomic E-state index is -4.44. The Kier molecular flexibility index (Phi) is 6.34. The zero-order valence-corrected chi connectivity index (χ0v) is 16.2. The van der Waals surface area contributed by atoms with E-state index < -0.39 is 36.7 Å². The maximum atomic E-state index is 12.6. The van der Waals surface area contributed by atoms with Crippen LogP contribution in [0.15, 0.2) is 64.6 Å². The Hall–Kier alpha value is -2.72. The molecule has 144 valence electrons. The predicted molar refractivity (Wildman–Crippen MR) is 98.0 cm³/mol. The molecule has 0 aliphatic heterocycles. The smallest absolute Gasteiger partial charge is 0.372 e. The Bertz CT molecular complexity index is 1040. The number of oxime groups is 1. The molecular weight excluding hydrogens is 394 g/mol. The number of nitrogens with zero attached hydrogens (tertiary/aromatic N) is 1. The van der Waals surface area contributed by atoms with Gasteiger partial charge in [0.05, 0.1) is 12.0 Å². The summed E-state index contributed by atoms with van der Waals surface area (Å²) in [6.07, 6.45) is 0. The van der Waals surface area contributed by atoms with Gasteiger partial charge in [0.2, 0.25) is 9.84 Å². The summed E-state index contributed by atoms with van der Waals surface area (Å²) in [6, 6.07) is 13.7. The number of rotatable bonds is 5. The summed E-state index contributed by atoms with van der Waals surface area (Å²) < 4.78 is 58.2. The summed E-state index contributed by atoms with van der Waals surface area (Å²) in [7, 11) is -7.77. The van der Waals surface area contributed by atoms with Crippen molar-refractivity contribution in [1.29, 1.82) is 0 Å². The highest BCUT2D eigenvalue weighted by Crippen LogP contribution is 2.16. The maximum Gasteiger partial charge on any atom is 0.372 e. The van der Waals surface area contributed by atoms with E-state index in [-0.39, 0.29) is 4.90 Å². The van der Waals surface area contributed by atoms with Crippen LogP contribution in [0.3, 0.4) is 0 Å². The van der Waals surface area contributed by atoms with E-state index in [1.54, 1.807) is 37.3 Å². The van der Waals surface area contributed by atoms with E-state index in [2.05, 4.69) is 14.2 Å². The molecule has 0 atom stereocenters. The first kappa shape index (κ1) is 20.6. The Morgan fingerprint density at radius 3 is 2.11 bits per heavy atom. The number of aryl methyl sites for hydroxylation is 1. The molecule has 2 aromatic carbocycles. The fourth-order valence-corrected chi connectivity index (χ4v) is 4.05. The molecule has 0 aliphatic carbocycles. The topological polar surface area (TPSA) is 116 Å². The highest BCUT2D eigenvalue weighted by Gasteiger charge is 2.32. The van der Waals surface area contributed by atoms with E-state index in [4.69, 9.17) is 0 Å². The molecule has 27 heavy (non-hydrogen) atoms. The number of ether oxygens (including phenoxy) is 1. The molecule has 0 unspecified atom stereocenters. The molecule has 0 bridgehead atoms. The average Bonchev–Trinajstić information content (AvgIpc) is 2.62. The Labute approximate surface area is 157 Å². The number of benzene rings is 2. The second kappa shape index (κ2) is 8.31. The van der Waals surface area contributed by atoms with Crippen LogP contribution in [0.4, 0.5) is 0 Å². The van der Waals surface area contributed by atoms with Gasteiger partial charge in [-0.3, -0.25) is 4.28 Å². The quantitative estimate of drug-likeness (QED) is 0.319. The van der Waals surface area contributed by atoms with Crippen LogP contribution in [0.2, 0.25) is 0 Å². The molecule has 0 aliphatic rings. The van der Waals surface area contributed by atoms with Gasteiger partial charge in [-0.05, 0) is 29.8 Å². The molecule has 0 radical (unpaired) electrons. The molecule has 0 N–H and O–H groups in total. The molecule has 0 saturated carbocycles. The van der Waals surface area contributed by atoms with Crippen LogP contribution in [-0.2, 0) is 39.5 Å². The van der Waals surface area contributed by atoms with Crippen LogP contribution < -0.4 is 0 Å². The molecule has 0 heterocycles. The molecule has 10 heteroatoms. The van der Waals surface area contributed by atoms with Crippen LogP contribution in [0.25, 0.3) is 0 Å². The number of hydrogen-bond acceptors (Lipinski definition) is 8. The van der Waals surface area contributed by atoms with Gasteiger partial charge >= 0.3 is 16.1 Å². The molecule has 2 rings (SSSR count). The highest BCUT2D eigenvalue weighted by atomic mass is 32.2. The van der Waals surface area contributed by atoms with Crippen LogP contribution in [0.1, 0.15) is 11.1 Å². The van der Waals surface area contributed by atoms with E-state index >= 15 is 0 Å². The summed E-state index contributed by atoms with van der Waals surface area (Å²) in [5.41, 5.74) is 1.21. The fraction of sp³-hybridized carbons (Fsp3) is 0.176. The maximum absolute atomic E-state index is 12.6. The van der Waals surface area contributed by atoms with E-state index in [9.17, 15) is 21.6 Å². The van der Waals surface area contributed by atoms with Gasteiger partial charge in [0.25, 0.3) is 5.04 Å². The van der Waals surface area contributed by atoms with E-state index in [1.807, 2.05) is 0 Å². The molecule has 0 saturated heterocycles. The molecular formula is C17H17NO7S2. The van der Waals surface area contributed by atoms with E-state index in [0.29, 0.717) is 5.56 Å². The second-order valence-corrected chi connectivity index (χ2v) is 8.88. The second-order valence-electron chi connectivity index (χ2n) is 5.47. The van der Waals surface area contributed by atoms with Gasteiger partial charge in [-0.15, -0.1) is 0 Å². The first-order valence-corrected chi connectivity index (χ1v) is 10.6. The van der Waals surface area contributed by atoms with Gasteiger partial charge in [-0.25, -0.2) is 13.2 Å². The monoisotopic (exact) mass is 411 g/mol. The van der Waals surface area contributed by atoms with Gasteiger partial charge in [0, 0.05) is 0 Å². The lowest BCUT2D eigenvalue weighted by Crippen LogP contribution is -2.27. The normalized spacial score (nSPS) is 12.4. The van der Waals surface area contributed by atoms with Gasteiger partial charge < -0.3 is 4.74 Å². The van der Waals surface area contributed by atoms with Crippen LogP contribution in [0.5, 0.6) is 0 Å². The van der Waals surface area contributed by atoms with Crippen molar-refractivity contribution in [3.8, 4) is 0 Å². The minimum Gasteiger partial charge on any atom is -0.464 e. The van der Waals surface area contributed by atoms with Crippen molar-refractivity contribution in [2.24, 2.45) is 5.16 Å². The molecule has 0 fully saturated rings. The third kappa shape index (κ3) is 5.38. The number of methoxy groups -OCH3 is 1. The summed E-state index contributed by atoms with van der Waals surface area (Å²) in [4.78, 5) is 11.6. The molecule has 0 aromatic heterocycles. The van der Waals surface area contributed by atoms with Crippen LogP contribution >= 0.6 is 0 Å². The predicted octanol–water partition coefficient (Wildman–Crippen LogP) is 1.80. The molecule has 2 aromatic rings. The SMILES string of the molecule is COC(=O)C(=NOS(=O)(=O)Cc1ccccc1)S(=O)(=O)c1ccc(C)cc1. The van der Waals surface area contributed by atoms with Crippen molar-refractivity contribution < 1.29 is 30.7 Å². The van der Waals surface area contributed by atoms with Crippen LogP contribution in [0, 0.1) is 6.92 Å². The fourth-order valence-electron chi connectivity index (χ4n) is 2.01. The Morgan fingerprint density at radius 2 is 1.56 bits per heavy atom. The number of carbonyl (C=O) groups is 1. The number of sulfone groups is 1. The van der Waals surface area contributed by atoms with Gasteiger partial charge in [-0.2, -0.15) is 8.42 Å². The summed E-state index contributed by atoms with van der Waals surface area (Å²) >= 11 is 0. The summed E-state index contributed by atoms with van der Waals surface area (Å²) in [5, 5.41) is 1.94. The van der Waals surface area contributed by atoms with Crippen molar-refractivity contribution in [3.05, 3.63) is 65.7 Å². The first-order chi connectivity index (χ1) is 12.7. The number of esters is 1. The van der Waals surface area contributed by atoms with Crippen molar-refractivity contribution >= 4 is 31.0 Å². The summed E-state index contributed by atoms with van der Waals surface area (Å²) in [6.45, 7) is 1.75. The lowest BCUT2D eigenvalue weighted by atomic mass is 10.2. The zero-order valence-electron chi connectivity index (χ0n) is 14.5. The molecule has 8 nitrogen and oxygen atoms in total. The van der Waals surface area contributed by atoms with E-state index in [0.717, 1.165) is 12.7 Å².